The number of carbonyl (C=O) groups is 2. The molecule has 0 saturated carbocycles. The Morgan fingerprint density at radius 2 is 2.11 bits per heavy atom. The Morgan fingerprint density at radius 3 is 2.61 bits per heavy atom. The average molecular weight is 249 g/mol. The summed E-state index contributed by atoms with van der Waals surface area (Å²) in [4.78, 5) is 23.8. The Morgan fingerprint density at radius 1 is 1.44 bits per heavy atom. The van der Waals surface area contributed by atoms with Crippen LogP contribution in [0.2, 0.25) is 0 Å². The molecule has 1 fully saturated rings. The zero-order chi connectivity index (χ0) is 13.1. The third-order valence-corrected chi connectivity index (χ3v) is 3.29. The van der Waals surface area contributed by atoms with Crippen LogP contribution in [-0.4, -0.2) is 37.6 Å². The number of benzene rings is 1. The van der Waals surface area contributed by atoms with Gasteiger partial charge in [0, 0.05) is 6.42 Å². The number of nitrogens with two attached hydrogens (primary N) is 1. The van der Waals surface area contributed by atoms with Gasteiger partial charge in [0.25, 0.3) is 5.91 Å². The van der Waals surface area contributed by atoms with Crippen LogP contribution in [0.25, 0.3) is 0 Å². The molecule has 0 radical (unpaired) electrons. The number of rotatable bonds is 5. The molecule has 18 heavy (non-hydrogen) atoms. The maximum atomic E-state index is 11.8. The molecule has 3 N–H and O–H groups in total. The van der Waals surface area contributed by atoms with E-state index in [1.54, 1.807) is 0 Å². The molecule has 0 spiro atoms. The number of nitrogens with one attached hydrogen (secondary N) is 1. The fraction of sp³-hybridized carbons (Fsp3) is 0.385. The molecular weight excluding hydrogens is 232 g/mol. The smallest absolute Gasteiger partial charge is 0.365 e. The highest BCUT2D eigenvalue weighted by molar-refractivity contribution is 5.81. The van der Waals surface area contributed by atoms with Gasteiger partial charge in [-0.1, -0.05) is 30.3 Å². The fourth-order valence-corrected chi connectivity index (χ4v) is 2.20. The maximum absolute atomic E-state index is 11.8. The van der Waals surface area contributed by atoms with Crippen molar-refractivity contribution in [1.29, 1.82) is 0 Å². The van der Waals surface area contributed by atoms with Gasteiger partial charge in [-0.05, 0) is 5.56 Å². The van der Waals surface area contributed by atoms with Gasteiger partial charge in [-0.3, -0.25) is 4.79 Å². The van der Waals surface area contributed by atoms with Gasteiger partial charge >= 0.3 is 5.97 Å². The van der Waals surface area contributed by atoms with Crippen molar-refractivity contribution >= 4 is 11.9 Å². The lowest BCUT2D eigenvalue weighted by Crippen LogP contribution is -3.02. The van der Waals surface area contributed by atoms with Crippen molar-refractivity contribution in [3.8, 4) is 0 Å². The number of methoxy groups -OCH3 is 1. The predicted molar refractivity (Wildman–Crippen MR) is 64.8 cm³/mol. The molecule has 0 bridgehead atoms. The average Bonchev–Trinajstić information content (AvgIpc) is 3.16. The van der Waals surface area contributed by atoms with Gasteiger partial charge < -0.3 is 15.4 Å². The van der Waals surface area contributed by atoms with Crippen molar-refractivity contribution in [2.75, 3.05) is 13.7 Å². The van der Waals surface area contributed by atoms with Crippen LogP contribution in [0.3, 0.4) is 0 Å². The first-order valence-electron chi connectivity index (χ1n) is 5.90. The second-order valence-corrected chi connectivity index (χ2v) is 4.50. The van der Waals surface area contributed by atoms with E-state index in [1.807, 2.05) is 30.3 Å². The van der Waals surface area contributed by atoms with E-state index in [0.29, 0.717) is 13.0 Å². The van der Waals surface area contributed by atoms with Crippen LogP contribution in [0.15, 0.2) is 30.3 Å². The molecule has 1 aliphatic heterocycles. The number of hydrogen-bond acceptors (Lipinski definition) is 3. The van der Waals surface area contributed by atoms with Gasteiger partial charge in [0.1, 0.15) is 6.54 Å². The second kappa shape index (κ2) is 5.18. The molecule has 1 unspecified atom stereocenters. The number of primary amides is 1. The number of carbonyl (C=O) groups excluding carboxylic acids is 2. The van der Waals surface area contributed by atoms with E-state index in [0.717, 1.165) is 10.5 Å². The highest BCUT2D eigenvalue weighted by Gasteiger charge is 2.52. The molecule has 1 amide bonds. The summed E-state index contributed by atoms with van der Waals surface area (Å²) in [7, 11) is 1.36. The maximum Gasteiger partial charge on any atom is 0.365 e. The Balaban J connectivity index is 2.08. The Bertz CT molecular complexity index is 447. The van der Waals surface area contributed by atoms with Gasteiger partial charge in [0.05, 0.1) is 7.11 Å². The van der Waals surface area contributed by atoms with E-state index in [9.17, 15) is 9.59 Å². The quantitative estimate of drug-likeness (QED) is 0.494. The largest absolute Gasteiger partial charge is 0.465 e. The number of hydrogen-bond donors (Lipinski definition) is 2. The summed E-state index contributed by atoms with van der Waals surface area (Å²) in [6, 6.07) is 9.08. The van der Waals surface area contributed by atoms with Crippen LogP contribution in [0.4, 0.5) is 0 Å². The van der Waals surface area contributed by atoms with E-state index in [4.69, 9.17) is 10.5 Å². The van der Waals surface area contributed by atoms with Crippen LogP contribution < -0.4 is 10.6 Å². The zero-order valence-corrected chi connectivity index (χ0v) is 10.3. The number of quaternary nitrogens is 1. The molecule has 1 aromatic carbocycles. The highest BCUT2D eigenvalue weighted by Crippen LogP contribution is 2.05. The monoisotopic (exact) mass is 249 g/mol. The van der Waals surface area contributed by atoms with E-state index >= 15 is 0 Å². The standard InChI is InChI=1S/C13H16N2O3/c1-18-13(17)10(15-8-11(15)12(14)16)7-9-5-3-2-4-6-9/h2-6,10-11H,7-8H2,1H3,(H2,14,16)/p+1/t10-,11-,15?/m1/s1. The predicted octanol–water partition coefficient (Wildman–Crippen LogP) is -1.48. The van der Waals surface area contributed by atoms with Crippen LogP contribution in [0.5, 0.6) is 0 Å². The van der Waals surface area contributed by atoms with Crippen molar-refractivity contribution in [3.63, 3.8) is 0 Å². The van der Waals surface area contributed by atoms with E-state index in [2.05, 4.69) is 0 Å². The molecule has 2 rings (SSSR count). The third kappa shape index (κ3) is 2.68. The minimum atomic E-state index is -0.355. The van der Waals surface area contributed by atoms with E-state index in [-0.39, 0.29) is 24.0 Å². The lowest BCUT2D eigenvalue weighted by atomic mass is 10.1. The first kappa shape index (κ1) is 12.6. The van der Waals surface area contributed by atoms with Crippen LogP contribution in [0, 0.1) is 0 Å². The van der Waals surface area contributed by atoms with Crippen molar-refractivity contribution in [1.82, 2.24) is 0 Å². The lowest BCUT2D eigenvalue weighted by molar-refractivity contribution is -0.789. The van der Waals surface area contributed by atoms with Crippen LogP contribution in [-0.2, 0) is 20.7 Å². The molecule has 5 heteroatoms. The van der Waals surface area contributed by atoms with Crippen molar-refractivity contribution in [2.45, 2.75) is 18.5 Å². The number of amides is 1. The van der Waals surface area contributed by atoms with E-state index in [1.165, 1.54) is 7.11 Å². The van der Waals surface area contributed by atoms with Crippen molar-refractivity contribution in [3.05, 3.63) is 35.9 Å². The molecule has 0 aromatic heterocycles. The van der Waals surface area contributed by atoms with Gasteiger partial charge in [-0.15, -0.1) is 0 Å². The molecular formula is C13H17N2O3+. The number of esters is 1. The summed E-state index contributed by atoms with van der Waals surface area (Å²) in [6.07, 6.45) is 0.562. The fourth-order valence-electron chi connectivity index (χ4n) is 2.20. The summed E-state index contributed by atoms with van der Waals surface area (Å²) < 4.78 is 4.80. The summed E-state index contributed by atoms with van der Waals surface area (Å²) in [5.41, 5.74) is 6.30. The molecule has 1 aliphatic rings. The van der Waals surface area contributed by atoms with Crippen molar-refractivity contribution < 1.29 is 19.2 Å². The topological polar surface area (TPSA) is 73.8 Å². The summed E-state index contributed by atoms with van der Waals surface area (Å²) in [5.74, 6) is -0.649. The summed E-state index contributed by atoms with van der Waals surface area (Å²) in [6.45, 7) is 0.613. The summed E-state index contributed by atoms with van der Waals surface area (Å²) >= 11 is 0. The van der Waals surface area contributed by atoms with Crippen LogP contribution >= 0.6 is 0 Å². The first-order valence-corrected chi connectivity index (χ1v) is 5.90. The molecule has 1 heterocycles. The van der Waals surface area contributed by atoms with Gasteiger partial charge in [-0.25, -0.2) is 4.79 Å². The number of ether oxygens (including phenoxy) is 1. The van der Waals surface area contributed by atoms with E-state index < -0.39 is 0 Å². The molecule has 1 saturated heterocycles. The van der Waals surface area contributed by atoms with Gasteiger partial charge in [0.2, 0.25) is 6.04 Å². The second-order valence-electron chi connectivity index (χ2n) is 4.50. The zero-order valence-electron chi connectivity index (χ0n) is 10.3. The molecule has 0 aliphatic carbocycles. The van der Waals surface area contributed by atoms with Gasteiger partial charge in [0.15, 0.2) is 6.04 Å². The third-order valence-electron chi connectivity index (χ3n) is 3.29. The highest BCUT2D eigenvalue weighted by atomic mass is 16.5. The first-order chi connectivity index (χ1) is 8.63. The normalized spacial score (nSPS) is 23.2. The Kier molecular flexibility index (Phi) is 3.62. The Hall–Kier alpha value is -1.88. The molecule has 3 atom stereocenters. The lowest BCUT2D eigenvalue weighted by Gasteiger charge is -2.13. The minimum absolute atomic E-state index is 0.252. The van der Waals surface area contributed by atoms with Crippen LogP contribution in [0.1, 0.15) is 5.56 Å². The minimum Gasteiger partial charge on any atom is -0.465 e. The van der Waals surface area contributed by atoms with Crippen molar-refractivity contribution in [2.24, 2.45) is 5.73 Å². The summed E-state index contributed by atoms with van der Waals surface area (Å²) in [5, 5.41) is 0. The van der Waals surface area contributed by atoms with Gasteiger partial charge in [-0.2, -0.15) is 0 Å². The Labute approximate surface area is 106 Å². The molecule has 1 aromatic rings. The molecule has 5 nitrogen and oxygen atoms in total. The molecule has 96 valence electrons. The SMILES string of the molecule is COC(=O)[C@@H](Cc1ccccc1)[NH+]1C[C@@H]1C(N)=O.